The van der Waals surface area contributed by atoms with Gasteiger partial charge < -0.3 is 29.4 Å². The van der Waals surface area contributed by atoms with Crippen LogP contribution >= 0.6 is 0 Å². The number of rotatable bonds is 17. The molecule has 5 aromatic rings. The zero-order valence-corrected chi connectivity index (χ0v) is 29.6. The second-order valence-corrected chi connectivity index (χ2v) is 13.7. The summed E-state index contributed by atoms with van der Waals surface area (Å²) in [5.41, 5.74) is 4.73. The third-order valence-corrected chi connectivity index (χ3v) is 8.59. The lowest BCUT2D eigenvalue weighted by Gasteiger charge is -2.22. The summed E-state index contributed by atoms with van der Waals surface area (Å²) in [5, 5.41) is 14.3. The topological polar surface area (TPSA) is 132 Å². The maximum absolute atomic E-state index is 12.6. The second kappa shape index (κ2) is 17.5. The molecule has 0 saturated carbocycles. The van der Waals surface area contributed by atoms with Crippen LogP contribution in [-0.2, 0) is 28.0 Å². The number of aliphatic hydroxyl groups is 1. The number of carbonyl (C=O) groups is 1. The van der Waals surface area contributed by atoms with Gasteiger partial charge in [-0.1, -0.05) is 78.9 Å². The van der Waals surface area contributed by atoms with E-state index in [1.807, 2.05) is 97.9 Å². The number of methoxy groups -OCH3 is 1. The molecule has 0 unspecified atom stereocenters. The van der Waals surface area contributed by atoms with Crippen LogP contribution in [0.3, 0.4) is 0 Å². The van der Waals surface area contributed by atoms with E-state index >= 15 is 0 Å². The van der Waals surface area contributed by atoms with E-state index in [1.54, 1.807) is 37.4 Å². The van der Waals surface area contributed by atoms with Crippen molar-refractivity contribution >= 4 is 21.7 Å². The fraction of sp³-hybridized carbons (Fsp3) is 0.225. The van der Waals surface area contributed by atoms with Crippen molar-refractivity contribution in [3.05, 3.63) is 144 Å². The van der Waals surface area contributed by atoms with Gasteiger partial charge in [-0.3, -0.25) is 4.72 Å². The Bertz CT molecular complexity index is 1990. The Labute approximate surface area is 299 Å². The van der Waals surface area contributed by atoms with Crippen molar-refractivity contribution in [2.24, 2.45) is 0 Å². The predicted octanol–water partition coefficient (Wildman–Crippen LogP) is 6.76. The van der Waals surface area contributed by atoms with E-state index in [1.165, 1.54) is 0 Å². The number of aliphatic hydroxyl groups excluding tert-OH is 1. The van der Waals surface area contributed by atoms with Gasteiger partial charge in [0.15, 0.2) is 0 Å². The van der Waals surface area contributed by atoms with Crippen molar-refractivity contribution in [2.75, 3.05) is 31.2 Å². The summed E-state index contributed by atoms with van der Waals surface area (Å²) in [5.74, 6) is 1.13. The Kier molecular flexibility index (Phi) is 12.7. The molecule has 10 nitrogen and oxygen atoms in total. The van der Waals surface area contributed by atoms with Crippen LogP contribution in [0, 0.1) is 0 Å². The number of sulfonamides is 1. The van der Waals surface area contributed by atoms with E-state index < -0.39 is 22.1 Å². The van der Waals surface area contributed by atoms with Crippen LogP contribution < -0.4 is 24.2 Å². The first-order valence-electron chi connectivity index (χ1n) is 16.4. The average molecular weight is 711 g/mol. The Morgan fingerprint density at radius 2 is 1.45 bits per heavy atom. The van der Waals surface area contributed by atoms with Gasteiger partial charge in [-0.25, -0.2) is 13.2 Å². The van der Waals surface area contributed by atoms with Crippen molar-refractivity contribution in [3.63, 3.8) is 0 Å². The van der Waals surface area contributed by atoms with Gasteiger partial charge in [-0.05, 0) is 71.6 Å². The van der Waals surface area contributed by atoms with E-state index in [4.69, 9.17) is 18.9 Å². The molecule has 3 N–H and O–H groups in total. The van der Waals surface area contributed by atoms with E-state index in [0.717, 1.165) is 28.5 Å². The molecule has 0 aliphatic heterocycles. The molecule has 0 heterocycles. The SMILES string of the molecule is COc1cc(C(=O)OCc2ccccc2)ccc1-c1ccc(OCCN[C@@H](C)[C@H](O)c2ccc(OCc3ccccc3)c(NS(C)(=O)=O)c2)cc1. The molecule has 0 bridgehead atoms. The van der Waals surface area contributed by atoms with Crippen LogP contribution in [0.1, 0.15) is 40.1 Å². The lowest BCUT2D eigenvalue weighted by atomic mass is 10.0. The fourth-order valence-corrected chi connectivity index (χ4v) is 5.88. The first kappa shape index (κ1) is 36.9. The van der Waals surface area contributed by atoms with Gasteiger partial charge in [0.25, 0.3) is 0 Å². The van der Waals surface area contributed by atoms with E-state index in [9.17, 15) is 18.3 Å². The van der Waals surface area contributed by atoms with Gasteiger partial charge in [0, 0.05) is 18.2 Å². The quantitative estimate of drug-likeness (QED) is 0.0708. The van der Waals surface area contributed by atoms with Crippen molar-refractivity contribution in [1.29, 1.82) is 0 Å². The minimum absolute atomic E-state index is 0.186. The molecule has 266 valence electrons. The van der Waals surface area contributed by atoms with E-state index in [0.29, 0.717) is 41.5 Å². The first-order chi connectivity index (χ1) is 24.6. The standard InChI is InChI=1S/C40H42N2O8S/c1-28(39(43)32-17-21-37(36(24-32)42-51(3,45)46)49-26-29-10-6-4-7-11-29)41-22-23-48-34-18-14-31(15-19-34)35-20-16-33(25-38(35)47-2)40(44)50-27-30-12-8-5-9-13-30/h4-21,24-25,28,39,41-43H,22-23,26-27H2,1-3H3/t28-,39-/m0/s1. The van der Waals surface area contributed by atoms with Crippen molar-refractivity contribution < 1.29 is 37.3 Å². The summed E-state index contributed by atoms with van der Waals surface area (Å²) >= 11 is 0. The van der Waals surface area contributed by atoms with Crippen molar-refractivity contribution in [3.8, 4) is 28.4 Å². The molecule has 51 heavy (non-hydrogen) atoms. The number of ether oxygens (including phenoxy) is 4. The van der Waals surface area contributed by atoms with Gasteiger partial charge in [0.05, 0.1) is 30.7 Å². The Morgan fingerprint density at radius 1 is 0.784 bits per heavy atom. The zero-order valence-electron chi connectivity index (χ0n) is 28.7. The van der Waals surface area contributed by atoms with Crippen LogP contribution in [0.5, 0.6) is 17.2 Å². The minimum Gasteiger partial charge on any atom is -0.496 e. The number of hydrogen-bond acceptors (Lipinski definition) is 9. The maximum Gasteiger partial charge on any atom is 0.338 e. The highest BCUT2D eigenvalue weighted by atomic mass is 32.2. The summed E-state index contributed by atoms with van der Waals surface area (Å²) < 4.78 is 49.5. The molecule has 0 spiro atoms. The van der Waals surface area contributed by atoms with Crippen LogP contribution in [0.2, 0.25) is 0 Å². The molecule has 0 aromatic heterocycles. The van der Waals surface area contributed by atoms with Crippen LogP contribution in [0.15, 0.2) is 121 Å². The summed E-state index contributed by atoms with van der Waals surface area (Å²) in [4.78, 5) is 12.6. The highest BCUT2D eigenvalue weighted by molar-refractivity contribution is 7.92. The monoisotopic (exact) mass is 710 g/mol. The lowest BCUT2D eigenvalue weighted by Crippen LogP contribution is -2.35. The third-order valence-electron chi connectivity index (χ3n) is 8.00. The third kappa shape index (κ3) is 10.8. The van der Waals surface area contributed by atoms with Crippen LogP contribution in [0.4, 0.5) is 5.69 Å². The zero-order chi connectivity index (χ0) is 36.2. The fourth-order valence-electron chi connectivity index (χ4n) is 5.32. The second-order valence-electron chi connectivity index (χ2n) is 11.9. The van der Waals surface area contributed by atoms with Crippen LogP contribution in [0.25, 0.3) is 11.1 Å². The molecule has 11 heteroatoms. The number of benzene rings is 5. The first-order valence-corrected chi connectivity index (χ1v) is 18.3. The van der Waals surface area contributed by atoms with Crippen molar-refractivity contribution in [1.82, 2.24) is 5.32 Å². The molecule has 5 rings (SSSR count). The molecular weight excluding hydrogens is 669 g/mol. The smallest absolute Gasteiger partial charge is 0.338 e. The molecule has 0 aliphatic carbocycles. The number of esters is 1. The molecular formula is C40H42N2O8S. The number of anilines is 1. The van der Waals surface area contributed by atoms with Crippen LogP contribution in [-0.4, -0.2) is 52.1 Å². The summed E-state index contributed by atoms with van der Waals surface area (Å²) in [6, 6.07) is 36.4. The number of hydrogen-bond donors (Lipinski definition) is 3. The van der Waals surface area contributed by atoms with Crippen molar-refractivity contribution in [2.45, 2.75) is 32.3 Å². The molecule has 2 atom stereocenters. The molecule has 0 radical (unpaired) electrons. The summed E-state index contributed by atoms with van der Waals surface area (Å²) in [7, 11) is -2.04. The summed E-state index contributed by atoms with van der Waals surface area (Å²) in [6.45, 7) is 3.07. The Hall–Kier alpha value is -5.36. The largest absolute Gasteiger partial charge is 0.496 e. The highest BCUT2D eigenvalue weighted by Gasteiger charge is 2.19. The van der Waals surface area contributed by atoms with Gasteiger partial charge in [-0.2, -0.15) is 0 Å². The molecule has 0 saturated heterocycles. The molecule has 0 fully saturated rings. The molecule has 0 aliphatic rings. The van der Waals surface area contributed by atoms with Gasteiger partial charge in [0.2, 0.25) is 10.0 Å². The lowest BCUT2D eigenvalue weighted by molar-refractivity contribution is 0.0472. The van der Waals surface area contributed by atoms with Gasteiger partial charge in [-0.15, -0.1) is 0 Å². The normalized spacial score (nSPS) is 12.4. The number of nitrogens with one attached hydrogen (secondary N) is 2. The molecule has 5 aromatic carbocycles. The minimum atomic E-state index is -3.59. The maximum atomic E-state index is 12.6. The van der Waals surface area contributed by atoms with E-state index in [-0.39, 0.29) is 24.9 Å². The van der Waals surface area contributed by atoms with Gasteiger partial charge >= 0.3 is 5.97 Å². The Balaban J connectivity index is 1.12. The van der Waals surface area contributed by atoms with Gasteiger partial charge in [0.1, 0.15) is 37.1 Å². The molecule has 0 amide bonds. The highest BCUT2D eigenvalue weighted by Crippen LogP contribution is 2.33. The Morgan fingerprint density at radius 3 is 2.10 bits per heavy atom. The summed E-state index contributed by atoms with van der Waals surface area (Å²) in [6.07, 6.45) is 0.136. The number of carbonyl (C=O) groups excluding carboxylic acids is 1. The average Bonchev–Trinajstić information content (AvgIpc) is 3.14. The van der Waals surface area contributed by atoms with E-state index in [2.05, 4.69) is 10.0 Å². The predicted molar refractivity (Wildman–Crippen MR) is 198 cm³/mol.